The van der Waals surface area contributed by atoms with Crippen molar-refractivity contribution in [1.29, 1.82) is 0 Å². The second-order valence-electron chi connectivity index (χ2n) is 4.93. The Kier molecular flexibility index (Phi) is 3.25. The molecule has 3 heteroatoms. The van der Waals surface area contributed by atoms with E-state index in [-0.39, 0.29) is 5.91 Å². The van der Waals surface area contributed by atoms with E-state index in [9.17, 15) is 4.79 Å². The molecular formula is C17H16N2O. The number of fused-ring (bicyclic) bond motifs is 1. The number of aromatic amines is 1. The van der Waals surface area contributed by atoms with E-state index in [2.05, 4.69) is 4.98 Å². The second-order valence-corrected chi connectivity index (χ2v) is 4.93. The van der Waals surface area contributed by atoms with Gasteiger partial charge in [0.1, 0.15) is 0 Å². The van der Waals surface area contributed by atoms with Gasteiger partial charge in [0.15, 0.2) is 0 Å². The van der Waals surface area contributed by atoms with Crippen molar-refractivity contribution in [3.63, 3.8) is 0 Å². The van der Waals surface area contributed by atoms with Crippen LogP contribution in [0.15, 0.2) is 60.8 Å². The summed E-state index contributed by atoms with van der Waals surface area (Å²) < 4.78 is 0. The van der Waals surface area contributed by atoms with Gasteiger partial charge < -0.3 is 9.88 Å². The number of aromatic nitrogens is 1. The summed E-state index contributed by atoms with van der Waals surface area (Å²) in [6.07, 6.45) is 1.88. The van der Waals surface area contributed by atoms with Crippen molar-refractivity contribution < 1.29 is 4.79 Å². The molecule has 0 aliphatic heterocycles. The van der Waals surface area contributed by atoms with Gasteiger partial charge in [0, 0.05) is 36.3 Å². The summed E-state index contributed by atoms with van der Waals surface area (Å²) in [6.45, 7) is 0.616. The molecule has 0 spiro atoms. The molecule has 0 fully saturated rings. The summed E-state index contributed by atoms with van der Waals surface area (Å²) in [5.74, 6) is 0.0388. The first kappa shape index (κ1) is 12.5. The Hall–Kier alpha value is -2.55. The smallest absolute Gasteiger partial charge is 0.253 e. The summed E-state index contributed by atoms with van der Waals surface area (Å²) >= 11 is 0. The molecule has 1 heterocycles. The molecule has 2 aromatic carbocycles. The van der Waals surface area contributed by atoms with E-state index in [0.29, 0.717) is 6.54 Å². The highest BCUT2D eigenvalue weighted by Gasteiger charge is 2.12. The zero-order valence-electron chi connectivity index (χ0n) is 11.3. The third-order valence-electron chi connectivity index (χ3n) is 3.41. The van der Waals surface area contributed by atoms with Crippen LogP contribution in [0.5, 0.6) is 0 Å². The Morgan fingerprint density at radius 2 is 1.90 bits per heavy atom. The number of carbonyl (C=O) groups excluding carboxylic acids is 1. The Bertz CT molecular complexity index is 731. The number of rotatable bonds is 3. The number of amides is 1. The van der Waals surface area contributed by atoms with Crippen molar-refractivity contribution in [2.75, 3.05) is 7.05 Å². The van der Waals surface area contributed by atoms with Crippen LogP contribution in [0, 0.1) is 0 Å². The van der Waals surface area contributed by atoms with Gasteiger partial charge in [0.05, 0.1) is 0 Å². The van der Waals surface area contributed by atoms with Crippen molar-refractivity contribution in [3.05, 3.63) is 71.9 Å². The van der Waals surface area contributed by atoms with Crippen molar-refractivity contribution in [2.24, 2.45) is 0 Å². The number of carbonyl (C=O) groups is 1. The molecular weight excluding hydrogens is 248 g/mol. The molecule has 0 unspecified atom stereocenters. The number of nitrogens with one attached hydrogen (secondary N) is 1. The standard InChI is InChI=1S/C17H16N2O/c1-19(12-13-5-3-2-4-6-13)17(20)15-7-8-16-14(11-15)9-10-18-16/h2-11,18H,12H2,1H3. The van der Waals surface area contributed by atoms with Gasteiger partial charge in [-0.25, -0.2) is 0 Å². The summed E-state index contributed by atoms with van der Waals surface area (Å²) in [7, 11) is 1.83. The molecule has 0 bridgehead atoms. The maximum Gasteiger partial charge on any atom is 0.253 e. The van der Waals surface area contributed by atoms with E-state index in [1.54, 1.807) is 4.90 Å². The van der Waals surface area contributed by atoms with Crippen molar-refractivity contribution in [2.45, 2.75) is 6.54 Å². The van der Waals surface area contributed by atoms with Crippen molar-refractivity contribution in [3.8, 4) is 0 Å². The van der Waals surface area contributed by atoms with Crippen LogP contribution < -0.4 is 0 Å². The van der Waals surface area contributed by atoms with Crippen LogP contribution in [0.2, 0.25) is 0 Å². The number of hydrogen-bond acceptors (Lipinski definition) is 1. The number of hydrogen-bond donors (Lipinski definition) is 1. The summed E-state index contributed by atoms with van der Waals surface area (Å²) in [5.41, 5.74) is 2.90. The molecule has 100 valence electrons. The number of nitrogens with zero attached hydrogens (tertiary/aromatic N) is 1. The highest BCUT2D eigenvalue weighted by Crippen LogP contribution is 2.16. The van der Waals surface area contributed by atoms with Crippen molar-refractivity contribution >= 4 is 16.8 Å². The molecule has 0 saturated heterocycles. The minimum atomic E-state index is 0.0388. The molecule has 0 atom stereocenters. The molecule has 3 rings (SSSR count). The lowest BCUT2D eigenvalue weighted by atomic mass is 10.1. The van der Waals surface area contributed by atoms with E-state index in [1.807, 2.05) is 67.8 Å². The highest BCUT2D eigenvalue weighted by atomic mass is 16.2. The first-order valence-electron chi connectivity index (χ1n) is 6.60. The SMILES string of the molecule is CN(Cc1ccccc1)C(=O)c1ccc2[nH]ccc2c1. The van der Waals surface area contributed by atoms with Gasteiger partial charge in [-0.2, -0.15) is 0 Å². The monoisotopic (exact) mass is 264 g/mol. The predicted octanol–water partition coefficient (Wildman–Crippen LogP) is 3.44. The van der Waals surface area contributed by atoms with Crippen LogP contribution in [-0.4, -0.2) is 22.8 Å². The Morgan fingerprint density at radius 1 is 1.10 bits per heavy atom. The number of H-pyrrole nitrogens is 1. The largest absolute Gasteiger partial charge is 0.361 e. The molecule has 0 aliphatic carbocycles. The zero-order chi connectivity index (χ0) is 13.9. The lowest BCUT2D eigenvalue weighted by Gasteiger charge is -2.17. The Labute approximate surface area is 117 Å². The molecule has 3 aromatic rings. The van der Waals surface area contributed by atoms with E-state index in [0.717, 1.165) is 22.0 Å². The van der Waals surface area contributed by atoms with E-state index in [4.69, 9.17) is 0 Å². The maximum absolute atomic E-state index is 12.4. The van der Waals surface area contributed by atoms with Crippen LogP contribution in [0.25, 0.3) is 10.9 Å². The molecule has 20 heavy (non-hydrogen) atoms. The molecule has 0 aliphatic rings. The van der Waals surface area contributed by atoms with Crippen molar-refractivity contribution in [1.82, 2.24) is 9.88 Å². The molecule has 0 saturated carbocycles. The van der Waals surface area contributed by atoms with Gasteiger partial charge in [-0.15, -0.1) is 0 Å². The fourth-order valence-electron chi connectivity index (χ4n) is 2.34. The Morgan fingerprint density at radius 3 is 2.70 bits per heavy atom. The van der Waals surface area contributed by atoms with Gasteiger partial charge in [0.2, 0.25) is 0 Å². The normalized spacial score (nSPS) is 10.7. The van der Waals surface area contributed by atoms with Gasteiger partial charge >= 0.3 is 0 Å². The summed E-state index contributed by atoms with van der Waals surface area (Å²) in [5, 5.41) is 1.06. The minimum Gasteiger partial charge on any atom is -0.361 e. The molecule has 1 N–H and O–H groups in total. The third-order valence-corrected chi connectivity index (χ3v) is 3.41. The maximum atomic E-state index is 12.4. The van der Waals surface area contributed by atoms with Gasteiger partial charge in [-0.3, -0.25) is 4.79 Å². The molecule has 1 amide bonds. The van der Waals surface area contributed by atoms with Crippen LogP contribution >= 0.6 is 0 Å². The fourth-order valence-corrected chi connectivity index (χ4v) is 2.34. The van der Waals surface area contributed by atoms with E-state index >= 15 is 0 Å². The van der Waals surface area contributed by atoms with E-state index < -0.39 is 0 Å². The predicted molar refractivity (Wildman–Crippen MR) is 80.5 cm³/mol. The van der Waals surface area contributed by atoms with E-state index in [1.165, 1.54) is 0 Å². The minimum absolute atomic E-state index is 0.0388. The summed E-state index contributed by atoms with van der Waals surface area (Å²) in [4.78, 5) is 17.3. The summed E-state index contributed by atoms with van der Waals surface area (Å²) in [6, 6.07) is 17.7. The zero-order valence-corrected chi connectivity index (χ0v) is 11.3. The average molecular weight is 264 g/mol. The first-order chi connectivity index (χ1) is 9.74. The molecule has 3 nitrogen and oxygen atoms in total. The topological polar surface area (TPSA) is 36.1 Å². The molecule has 1 aromatic heterocycles. The lowest BCUT2D eigenvalue weighted by molar-refractivity contribution is 0.0785. The van der Waals surface area contributed by atoms with Gasteiger partial charge in [0.25, 0.3) is 5.91 Å². The fraction of sp³-hybridized carbons (Fsp3) is 0.118. The molecule has 0 radical (unpaired) electrons. The van der Waals surface area contributed by atoms with Crippen LogP contribution in [0.4, 0.5) is 0 Å². The van der Waals surface area contributed by atoms with Crippen LogP contribution in [-0.2, 0) is 6.54 Å². The second kappa shape index (κ2) is 5.21. The van der Waals surface area contributed by atoms with Gasteiger partial charge in [-0.05, 0) is 29.8 Å². The third kappa shape index (κ3) is 2.43. The highest BCUT2D eigenvalue weighted by molar-refractivity contribution is 5.97. The number of benzene rings is 2. The van der Waals surface area contributed by atoms with Crippen LogP contribution in [0.1, 0.15) is 15.9 Å². The lowest BCUT2D eigenvalue weighted by Crippen LogP contribution is -2.26. The average Bonchev–Trinajstić information content (AvgIpc) is 2.94. The van der Waals surface area contributed by atoms with Crippen LogP contribution in [0.3, 0.4) is 0 Å². The Balaban J connectivity index is 1.80. The first-order valence-corrected chi connectivity index (χ1v) is 6.60. The van der Waals surface area contributed by atoms with Gasteiger partial charge in [-0.1, -0.05) is 30.3 Å². The quantitative estimate of drug-likeness (QED) is 0.773.